The molecule has 1 aromatic carbocycles. The molecule has 2 aromatic heterocycles. The van der Waals surface area contributed by atoms with Gasteiger partial charge in [0.15, 0.2) is 17.3 Å². The lowest BCUT2D eigenvalue weighted by Gasteiger charge is -2.33. The minimum absolute atomic E-state index is 0.0729. The number of hydrogen-bond acceptors (Lipinski definition) is 9. The third kappa shape index (κ3) is 7.80. The number of rotatable bonds is 6. The molecule has 4 rings (SSSR count). The number of aryl methyl sites for hydroxylation is 1. The van der Waals surface area contributed by atoms with Gasteiger partial charge in [-0.2, -0.15) is 17.5 Å². The normalized spacial score (nSPS) is 14.5. The number of carbonyl (C=O) groups is 2. The van der Waals surface area contributed by atoms with Crippen LogP contribution in [0.15, 0.2) is 30.6 Å². The number of nitrogens with one attached hydrogen (secondary N) is 2. The van der Waals surface area contributed by atoms with Gasteiger partial charge < -0.3 is 25.0 Å². The van der Waals surface area contributed by atoms with Crippen molar-refractivity contribution in [2.75, 3.05) is 23.7 Å². The van der Waals surface area contributed by atoms with E-state index in [0.29, 0.717) is 37.8 Å². The molecule has 1 fully saturated rings. The van der Waals surface area contributed by atoms with Crippen molar-refractivity contribution in [1.82, 2.24) is 19.2 Å². The standard InChI is InChI=1S/C26H28F4N6O4S/c1-14-21(23(41-35-14)34-20-13-31-12-19(33-20)26(28,29)30)22(37)32-15-5-6-17(27)18(11-15)39-16-7-9-36(10-8-16)24(38)40-25(2,3)4/h5-6,11-13,16H,7-10H2,1-4H3,(H,32,37)(H,33,34). The number of anilines is 3. The van der Waals surface area contributed by atoms with E-state index in [4.69, 9.17) is 9.47 Å². The Morgan fingerprint density at radius 2 is 1.83 bits per heavy atom. The van der Waals surface area contributed by atoms with Crippen molar-refractivity contribution in [1.29, 1.82) is 0 Å². The first-order valence-electron chi connectivity index (χ1n) is 12.6. The number of piperidine rings is 1. The molecule has 0 radical (unpaired) electrons. The Morgan fingerprint density at radius 1 is 1.12 bits per heavy atom. The molecule has 41 heavy (non-hydrogen) atoms. The summed E-state index contributed by atoms with van der Waals surface area (Å²) in [6, 6.07) is 3.84. The van der Waals surface area contributed by atoms with Gasteiger partial charge in [0.05, 0.1) is 23.7 Å². The quantitative estimate of drug-likeness (QED) is 0.324. The minimum Gasteiger partial charge on any atom is -0.487 e. The van der Waals surface area contributed by atoms with Gasteiger partial charge in [0.2, 0.25) is 0 Å². The SMILES string of the molecule is Cc1nsc(Nc2cncc(C(F)(F)F)n2)c1C(=O)Nc1ccc(F)c(OC2CCN(C(=O)OC(C)(C)C)CC2)c1. The largest absolute Gasteiger partial charge is 0.487 e. The Balaban J connectivity index is 1.41. The third-order valence-electron chi connectivity index (χ3n) is 5.83. The Hall–Kier alpha value is -4.01. The van der Waals surface area contributed by atoms with E-state index in [2.05, 4.69) is 25.0 Å². The summed E-state index contributed by atoms with van der Waals surface area (Å²) in [5.74, 6) is -1.54. The first-order chi connectivity index (χ1) is 19.2. The zero-order valence-corrected chi connectivity index (χ0v) is 23.5. The highest BCUT2D eigenvalue weighted by Gasteiger charge is 2.33. The number of carbonyl (C=O) groups excluding carboxylic acids is 2. The van der Waals surface area contributed by atoms with Crippen LogP contribution < -0.4 is 15.4 Å². The predicted molar refractivity (Wildman–Crippen MR) is 143 cm³/mol. The Kier molecular flexibility index (Phi) is 8.66. The topological polar surface area (TPSA) is 119 Å². The highest BCUT2D eigenvalue weighted by Crippen LogP contribution is 2.32. The number of amides is 2. The average molecular weight is 597 g/mol. The maximum Gasteiger partial charge on any atom is 0.434 e. The van der Waals surface area contributed by atoms with Crippen LogP contribution in [0.4, 0.5) is 38.9 Å². The van der Waals surface area contributed by atoms with Gasteiger partial charge in [-0.1, -0.05) is 0 Å². The highest BCUT2D eigenvalue weighted by molar-refractivity contribution is 7.10. The van der Waals surface area contributed by atoms with E-state index in [1.54, 1.807) is 32.6 Å². The van der Waals surface area contributed by atoms with Gasteiger partial charge in [-0.15, -0.1) is 0 Å². The third-order valence-corrected chi connectivity index (χ3v) is 6.69. The van der Waals surface area contributed by atoms with E-state index in [0.717, 1.165) is 23.8 Å². The van der Waals surface area contributed by atoms with Crippen molar-refractivity contribution in [3.8, 4) is 5.75 Å². The molecule has 3 aromatic rings. The molecule has 220 valence electrons. The fraction of sp³-hybridized carbons (Fsp3) is 0.423. The van der Waals surface area contributed by atoms with Gasteiger partial charge in [0, 0.05) is 37.7 Å². The second kappa shape index (κ2) is 11.8. The van der Waals surface area contributed by atoms with Gasteiger partial charge in [-0.25, -0.2) is 14.2 Å². The molecule has 1 aliphatic rings. The summed E-state index contributed by atoms with van der Waals surface area (Å²) in [4.78, 5) is 34.0. The van der Waals surface area contributed by atoms with Crippen molar-refractivity contribution in [3.63, 3.8) is 0 Å². The summed E-state index contributed by atoms with van der Waals surface area (Å²) in [5.41, 5.74) is -1.17. The molecule has 0 aliphatic carbocycles. The van der Waals surface area contributed by atoms with Crippen molar-refractivity contribution in [2.24, 2.45) is 0 Å². The van der Waals surface area contributed by atoms with Crippen LogP contribution in [0.25, 0.3) is 0 Å². The van der Waals surface area contributed by atoms with Crippen LogP contribution in [0, 0.1) is 12.7 Å². The second-order valence-corrected chi connectivity index (χ2v) is 11.0. The molecule has 0 saturated carbocycles. The maximum absolute atomic E-state index is 14.6. The fourth-order valence-corrected chi connectivity index (χ4v) is 4.73. The van der Waals surface area contributed by atoms with Crippen LogP contribution in [-0.4, -0.2) is 56.0 Å². The molecule has 0 spiro atoms. The number of benzene rings is 1. The van der Waals surface area contributed by atoms with Gasteiger partial charge >= 0.3 is 12.3 Å². The molecule has 3 heterocycles. The summed E-state index contributed by atoms with van der Waals surface area (Å²) in [5, 5.41) is 5.48. The summed E-state index contributed by atoms with van der Waals surface area (Å²) in [6.45, 7) is 7.69. The van der Waals surface area contributed by atoms with E-state index in [1.807, 2.05) is 0 Å². The van der Waals surface area contributed by atoms with E-state index in [1.165, 1.54) is 12.1 Å². The van der Waals surface area contributed by atoms with Crippen LogP contribution in [0.2, 0.25) is 0 Å². The predicted octanol–water partition coefficient (Wildman–Crippen LogP) is 6.17. The number of halogens is 4. The number of aromatic nitrogens is 3. The number of ether oxygens (including phenoxy) is 2. The van der Waals surface area contributed by atoms with E-state index in [-0.39, 0.29) is 33.9 Å². The van der Waals surface area contributed by atoms with Crippen molar-refractivity contribution < 1.29 is 36.6 Å². The van der Waals surface area contributed by atoms with Crippen molar-refractivity contribution >= 4 is 40.0 Å². The Bertz CT molecular complexity index is 1420. The highest BCUT2D eigenvalue weighted by atomic mass is 32.1. The number of alkyl halides is 3. The van der Waals surface area contributed by atoms with Crippen molar-refractivity contribution in [3.05, 3.63) is 53.4 Å². The van der Waals surface area contributed by atoms with Gasteiger partial charge in [-0.3, -0.25) is 9.78 Å². The maximum atomic E-state index is 14.6. The van der Waals surface area contributed by atoms with Crippen molar-refractivity contribution in [2.45, 2.75) is 58.4 Å². The Labute approximate surface area is 237 Å². The summed E-state index contributed by atoms with van der Waals surface area (Å²) in [7, 11) is 0. The average Bonchev–Trinajstić information content (AvgIpc) is 3.24. The molecule has 2 N–H and O–H groups in total. The van der Waals surface area contributed by atoms with Gasteiger partial charge in [0.25, 0.3) is 5.91 Å². The first-order valence-corrected chi connectivity index (χ1v) is 13.3. The van der Waals surface area contributed by atoms with Crippen LogP contribution in [0.1, 0.15) is 55.4 Å². The second-order valence-electron chi connectivity index (χ2n) is 10.3. The lowest BCUT2D eigenvalue weighted by molar-refractivity contribution is -0.141. The molecule has 2 amide bonds. The van der Waals surface area contributed by atoms with E-state index >= 15 is 0 Å². The summed E-state index contributed by atoms with van der Waals surface area (Å²) < 4.78 is 69.0. The zero-order chi connectivity index (χ0) is 29.9. The molecule has 0 bridgehead atoms. The van der Waals surface area contributed by atoms with Gasteiger partial charge in [0.1, 0.15) is 22.5 Å². The molecule has 10 nitrogen and oxygen atoms in total. The smallest absolute Gasteiger partial charge is 0.434 e. The lowest BCUT2D eigenvalue weighted by atomic mass is 10.1. The minimum atomic E-state index is -4.69. The lowest BCUT2D eigenvalue weighted by Crippen LogP contribution is -2.44. The number of hydrogen-bond donors (Lipinski definition) is 2. The molecular formula is C26H28F4N6O4S. The van der Waals surface area contributed by atoms with Crippen LogP contribution >= 0.6 is 11.5 Å². The monoisotopic (exact) mass is 596 g/mol. The van der Waals surface area contributed by atoms with Crippen LogP contribution in [-0.2, 0) is 10.9 Å². The van der Waals surface area contributed by atoms with E-state index < -0.39 is 35.3 Å². The number of likely N-dealkylation sites (tertiary alicyclic amines) is 1. The molecule has 15 heteroatoms. The summed E-state index contributed by atoms with van der Waals surface area (Å²) >= 11 is 0.865. The molecular weight excluding hydrogens is 568 g/mol. The Morgan fingerprint density at radius 3 is 2.49 bits per heavy atom. The van der Waals surface area contributed by atoms with Gasteiger partial charge in [-0.05, 0) is 51.4 Å². The number of nitrogens with zero attached hydrogens (tertiary/aromatic N) is 4. The molecule has 1 aliphatic heterocycles. The van der Waals surface area contributed by atoms with Crippen LogP contribution in [0.3, 0.4) is 0 Å². The molecule has 0 atom stereocenters. The zero-order valence-electron chi connectivity index (χ0n) is 22.6. The van der Waals surface area contributed by atoms with E-state index in [9.17, 15) is 27.2 Å². The first kappa shape index (κ1) is 30.0. The molecule has 1 saturated heterocycles. The van der Waals surface area contributed by atoms with Crippen LogP contribution in [0.5, 0.6) is 5.75 Å². The molecule has 0 unspecified atom stereocenters. The fourth-order valence-electron chi connectivity index (χ4n) is 3.93. The summed E-state index contributed by atoms with van der Waals surface area (Å²) in [6.07, 6.45) is -2.86.